The molecule has 2 fully saturated rings. The molecule has 2 aliphatic heterocycles. The normalized spacial score (nSPS) is 30.3. The molecule has 1 N–H and O–H groups in total. The molecule has 6 nitrogen and oxygen atoms in total. The number of hydrogen-bond donors (Lipinski definition) is 1. The van der Waals surface area contributed by atoms with Crippen LogP contribution in [0.4, 0.5) is 4.79 Å². The van der Waals surface area contributed by atoms with Crippen molar-refractivity contribution in [2.75, 3.05) is 33.3 Å². The molecule has 0 aromatic carbocycles. The first-order valence-corrected chi connectivity index (χ1v) is 7.33. The molecule has 1 unspecified atom stereocenters. The van der Waals surface area contributed by atoms with E-state index in [1.165, 1.54) is 0 Å². The van der Waals surface area contributed by atoms with Crippen molar-refractivity contribution in [2.45, 2.75) is 32.3 Å². The van der Waals surface area contributed by atoms with Crippen LogP contribution in [0.3, 0.4) is 0 Å². The van der Waals surface area contributed by atoms with E-state index in [4.69, 9.17) is 9.84 Å². The first kappa shape index (κ1) is 15.1. The van der Waals surface area contributed by atoms with Crippen LogP contribution >= 0.6 is 0 Å². The van der Waals surface area contributed by atoms with Gasteiger partial charge in [-0.05, 0) is 25.2 Å². The second-order valence-electron chi connectivity index (χ2n) is 5.98. The number of likely N-dealkylation sites (N-methyl/N-ethyl adjacent to an activating group) is 1. The highest BCUT2D eigenvalue weighted by Crippen LogP contribution is 2.24. The standard InChI is InChI=1S/C14H24N2O4/c1-10-7-16(9-12(10)13(17)18)14(19)15(2)8-11-5-3-4-6-20-11/h10-12H,3-9H2,1-2H3,(H,17,18)/t10-,11?,12-/m1/s1. The number of rotatable bonds is 3. The van der Waals surface area contributed by atoms with Gasteiger partial charge in [-0.1, -0.05) is 6.92 Å². The van der Waals surface area contributed by atoms with Crippen molar-refractivity contribution in [3.05, 3.63) is 0 Å². The largest absolute Gasteiger partial charge is 0.481 e. The van der Waals surface area contributed by atoms with Gasteiger partial charge in [0.15, 0.2) is 0 Å². The Morgan fingerprint density at radius 3 is 2.65 bits per heavy atom. The summed E-state index contributed by atoms with van der Waals surface area (Å²) in [7, 11) is 1.76. The quantitative estimate of drug-likeness (QED) is 0.847. The molecular formula is C14H24N2O4. The van der Waals surface area contributed by atoms with Crippen molar-refractivity contribution in [2.24, 2.45) is 11.8 Å². The molecule has 6 heteroatoms. The summed E-state index contributed by atoms with van der Waals surface area (Å²) in [6.07, 6.45) is 3.35. The smallest absolute Gasteiger partial charge is 0.319 e. The summed E-state index contributed by atoms with van der Waals surface area (Å²) in [4.78, 5) is 26.7. The predicted molar refractivity (Wildman–Crippen MR) is 73.5 cm³/mol. The van der Waals surface area contributed by atoms with Gasteiger partial charge in [0.05, 0.1) is 12.0 Å². The highest BCUT2D eigenvalue weighted by Gasteiger charge is 2.38. The topological polar surface area (TPSA) is 70.1 Å². The van der Waals surface area contributed by atoms with Crippen LogP contribution in [0.5, 0.6) is 0 Å². The molecule has 2 amide bonds. The van der Waals surface area contributed by atoms with Gasteiger partial charge in [0.2, 0.25) is 0 Å². The Kier molecular flexibility index (Phi) is 4.86. The summed E-state index contributed by atoms with van der Waals surface area (Å²) in [6, 6.07) is -0.0882. The molecule has 0 aromatic heterocycles. The van der Waals surface area contributed by atoms with Gasteiger partial charge in [0.25, 0.3) is 0 Å². The maximum atomic E-state index is 12.3. The number of nitrogens with zero attached hydrogens (tertiary/aromatic N) is 2. The van der Waals surface area contributed by atoms with Gasteiger partial charge in [0.1, 0.15) is 0 Å². The number of aliphatic carboxylic acids is 1. The van der Waals surface area contributed by atoms with Gasteiger partial charge in [-0.15, -0.1) is 0 Å². The van der Waals surface area contributed by atoms with Crippen molar-refractivity contribution in [3.63, 3.8) is 0 Å². The van der Waals surface area contributed by atoms with Crippen LogP contribution in [0.25, 0.3) is 0 Å². The van der Waals surface area contributed by atoms with E-state index < -0.39 is 11.9 Å². The third kappa shape index (κ3) is 3.42. The number of carbonyl (C=O) groups is 2. The number of carboxylic acids is 1. The monoisotopic (exact) mass is 284 g/mol. The first-order chi connectivity index (χ1) is 9.49. The minimum Gasteiger partial charge on any atom is -0.481 e. The molecule has 0 saturated carbocycles. The van der Waals surface area contributed by atoms with Crippen LogP contribution in [0.2, 0.25) is 0 Å². The minimum atomic E-state index is -0.814. The summed E-state index contributed by atoms with van der Waals surface area (Å²) >= 11 is 0. The lowest BCUT2D eigenvalue weighted by Gasteiger charge is -2.30. The number of hydrogen-bond acceptors (Lipinski definition) is 3. The maximum Gasteiger partial charge on any atom is 0.319 e. The molecule has 0 spiro atoms. The zero-order valence-corrected chi connectivity index (χ0v) is 12.2. The van der Waals surface area contributed by atoms with Crippen LogP contribution in [0.1, 0.15) is 26.2 Å². The molecule has 3 atom stereocenters. The molecule has 114 valence electrons. The van der Waals surface area contributed by atoms with Crippen LogP contribution < -0.4 is 0 Å². The molecule has 0 radical (unpaired) electrons. The first-order valence-electron chi connectivity index (χ1n) is 7.33. The van der Waals surface area contributed by atoms with Crippen molar-refractivity contribution in [1.82, 2.24) is 9.80 Å². The number of likely N-dealkylation sites (tertiary alicyclic amines) is 1. The third-order valence-electron chi connectivity index (χ3n) is 4.28. The lowest BCUT2D eigenvalue weighted by molar-refractivity contribution is -0.142. The molecule has 20 heavy (non-hydrogen) atoms. The van der Waals surface area contributed by atoms with Crippen LogP contribution in [-0.4, -0.2) is 66.3 Å². The lowest BCUT2D eigenvalue weighted by atomic mass is 9.99. The summed E-state index contributed by atoms with van der Waals surface area (Å²) in [5, 5.41) is 9.11. The molecule has 2 aliphatic rings. The van der Waals surface area contributed by atoms with Gasteiger partial charge in [-0.25, -0.2) is 4.79 Å². The summed E-state index contributed by atoms with van der Waals surface area (Å²) in [5.41, 5.74) is 0. The van der Waals surface area contributed by atoms with Gasteiger partial charge < -0.3 is 19.6 Å². The van der Waals surface area contributed by atoms with E-state index in [1.807, 2.05) is 6.92 Å². The molecule has 0 aliphatic carbocycles. The van der Waals surface area contributed by atoms with E-state index in [1.54, 1.807) is 16.8 Å². The van der Waals surface area contributed by atoms with Crippen molar-refractivity contribution >= 4 is 12.0 Å². The Morgan fingerprint density at radius 2 is 2.10 bits per heavy atom. The summed E-state index contributed by atoms with van der Waals surface area (Å²) in [5.74, 6) is -1.25. The van der Waals surface area contributed by atoms with Crippen LogP contribution in [0.15, 0.2) is 0 Å². The Hall–Kier alpha value is -1.30. The second kappa shape index (κ2) is 6.43. The fourth-order valence-electron chi connectivity index (χ4n) is 3.02. The van der Waals surface area contributed by atoms with E-state index in [0.717, 1.165) is 25.9 Å². The highest BCUT2D eigenvalue weighted by molar-refractivity contribution is 5.77. The number of ether oxygens (including phenoxy) is 1. The Bertz CT molecular complexity index is 368. The van der Waals surface area contributed by atoms with Gasteiger partial charge in [-0.2, -0.15) is 0 Å². The van der Waals surface area contributed by atoms with E-state index in [2.05, 4.69) is 0 Å². The second-order valence-corrected chi connectivity index (χ2v) is 5.98. The zero-order valence-electron chi connectivity index (χ0n) is 12.2. The molecule has 0 aromatic rings. The molecular weight excluding hydrogens is 260 g/mol. The SMILES string of the molecule is C[C@@H]1CN(C(=O)N(C)CC2CCCCO2)C[C@H]1C(=O)O. The van der Waals surface area contributed by atoms with Crippen molar-refractivity contribution in [3.8, 4) is 0 Å². The minimum absolute atomic E-state index is 0.00998. The predicted octanol–water partition coefficient (Wildman–Crippen LogP) is 1.26. The Morgan fingerprint density at radius 1 is 1.35 bits per heavy atom. The zero-order chi connectivity index (χ0) is 14.7. The summed E-state index contributed by atoms with van der Waals surface area (Å²) in [6.45, 7) is 4.07. The van der Waals surface area contributed by atoms with Gasteiger partial charge in [0, 0.05) is 33.3 Å². The highest BCUT2D eigenvalue weighted by atomic mass is 16.5. The Labute approximate surface area is 119 Å². The Balaban J connectivity index is 1.85. The summed E-state index contributed by atoms with van der Waals surface area (Å²) < 4.78 is 5.64. The van der Waals surface area contributed by atoms with Crippen LogP contribution in [-0.2, 0) is 9.53 Å². The molecule has 0 bridgehead atoms. The van der Waals surface area contributed by atoms with Gasteiger partial charge >= 0.3 is 12.0 Å². The fraction of sp³-hybridized carbons (Fsp3) is 0.857. The van der Waals surface area contributed by atoms with Crippen LogP contribution in [0, 0.1) is 11.8 Å². The van der Waals surface area contributed by atoms with Gasteiger partial charge in [-0.3, -0.25) is 4.79 Å². The molecule has 2 heterocycles. The lowest BCUT2D eigenvalue weighted by Crippen LogP contribution is -2.44. The third-order valence-corrected chi connectivity index (χ3v) is 4.28. The average molecular weight is 284 g/mol. The maximum absolute atomic E-state index is 12.3. The average Bonchev–Trinajstić information content (AvgIpc) is 2.81. The van der Waals surface area contributed by atoms with E-state index in [9.17, 15) is 9.59 Å². The van der Waals surface area contributed by atoms with Crippen molar-refractivity contribution < 1.29 is 19.4 Å². The van der Waals surface area contributed by atoms with E-state index in [-0.39, 0.29) is 18.1 Å². The number of carbonyl (C=O) groups excluding carboxylic acids is 1. The number of amides is 2. The van der Waals surface area contributed by atoms with E-state index >= 15 is 0 Å². The number of carboxylic acid groups (broad SMARTS) is 1. The fourth-order valence-corrected chi connectivity index (χ4v) is 3.02. The number of urea groups is 1. The molecule has 2 rings (SSSR count). The van der Waals surface area contributed by atoms with E-state index in [0.29, 0.717) is 19.6 Å². The molecule has 2 saturated heterocycles. The van der Waals surface area contributed by atoms with Crippen molar-refractivity contribution in [1.29, 1.82) is 0 Å².